The maximum absolute atomic E-state index is 9.59. The molecule has 8 rings (SSSR count). The highest BCUT2D eigenvalue weighted by atomic mass is 14.6. The van der Waals surface area contributed by atoms with E-state index in [-0.39, 0.29) is 12.3 Å². The fraction of sp³-hybridized carbons (Fsp3) is 0.952. The molecule has 0 heteroatoms. The molecule has 115 valence electrons. The average Bonchev–Trinajstić information content (AvgIpc) is 2.55. The lowest BCUT2D eigenvalue weighted by atomic mass is 9.44. The Hall–Kier alpha value is 0. The molecule has 0 spiro atoms. The van der Waals surface area contributed by atoms with Crippen LogP contribution in [0.15, 0.2) is 0 Å². The molecule has 0 aliphatic heterocycles. The van der Waals surface area contributed by atoms with E-state index in [1.165, 1.54) is 0 Å². The van der Waals surface area contributed by atoms with E-state index < -0.39 is 29.5 Å². The zero-order chi connectivity index (χ0) is 19.0. The van der Waals surface area contributed by atoms with Gasteiger partial charge in [-0.25, -0.2) is 0 Å². The molecule has 0 N–H and O–H groups in total. The third-order valence-electron chi connectivity index (χ3n) is 7.54. The Balaban J connectivity index is 1.48. The van der Waals surface area contributed by atoms with E-state index >= 15 is 0 Å². The van der Waals surface area contributed by atoms with Gasteiger partial charge < -0.3 is 0 Å². The zero-order valence-electron chi connectivity index (χ0n) is 19.0. The smallest absolute Gasteiger partial charge is 0.0315 e. The van der Waals surface area contributed by atoms with Crippen LogP contribution in [0.1, 0.15) is 78.8 Å². The summed E-state index contributed by atoms with van der Waals surface area (Å²) in [6.45, 7) is 0. The van der Waals surface area contributed by atoms with Gasteiger partial charge >= 0.3 is 0 Å². The standard InChI is InChI=1S/C21H31/c1-13-5-18-7-14(1)8-19(6-13)20(18)12-21-9-15-2-16(10-21)4-17(3-15)11-21/h12-20H,1-11H2/i9T2,12T,18T,19T,20T. The van der Waals surface area contributed by atoms with Gasteiger partial charge in [0.05, 0.1) is 0 Å². The zero-order valence-corrected chi connectivity index (χ0v) is 13.0. The largest absolute Gasteiger partial charge is 0.0475 e. The molecule has 0 aromatic carbocycles. The first-order valence-corrected chi connectivity index (χ1v) is 9.38. The van der Waals surface area contributed by atoms with Crippen molar-refractivity contribution in [2.24, 2.45) is 52.7 Å². The molecule has 0 nitrogen and oxygen atoms in total. The maximum atomic E-state index is 9.59. The second-order valence-electron chi connectivity index (χ2n) is 9.26. The summed E-state index contributed by atoms with van der Waals surface area (Å²) in [5, 5.41) is 0. The molecule has 2 atom stereocenters. The van der Waals surface area contributed by atoms with Crippen LogP contribution in [0.25, 0.3) is 0 Å². The van der Waals surface area contributed by atoms with Crippen LogP contribution in [0.5, 0.6) is 0 Å². The first-order valence-electron chi connectivity index (χ1n) is 12.4. The molecule has 8 bridgehead atoms. The van der Waals surface area contributed by atoms with Crippen LogP contribution in [0.2, 0.25) is 0 Å². The van der Waals surface area contributed by atoms with Crippen molar-refractivity contribution in [1.82, 2.24) is 0 Å². The van der Waals surface area contributed by atoms with Crippen molar-refractivity contribution in [2.75, 3.05) is 0 Å². The van der Waals surface area contributed by atoms with E-state index in [9.17, 15) is 5.48 Å². The first-order chi connectivity index (χ1) is 12.5. The quantitative estimate of drug-likeness (QED) is 0.633. The van der Waals surface area contributed by atoms with Gasteiger partial charge in [0, 0.05) is 8.22 Å². The van der Waals surface area contributed by atoms with Crippen LogP contribution in [-0.2, 0) is 0 Å². The van der Waals surface area contributed by atoms with Crippen molar-refractivity contribution in [3.8, 4) is 0 Å². The number of rotatable bonds is 2. The highest BCUT2D eigenvalue weighted by molar-refractivity contribution is 5.12. The van der Waals surface area contributed by atoms with Crippen molar-refractivity contribution >= 4 is 0 Å². The molecule has 0 aromatic heterocycles. The summed E-state index contributed by atoms with van der Waals surface area (Å²) < 4.78 is 55.6. The predicted octanol–water partition coefficient (Wildman–Crippen LogP) is 5.48. The van der Waals surface area contributed by atoms with E-state index in [0.717, 1.165) is 25.7 Å². The first kappa shape index (κ1) is 8.20. The summed E-state index contributed by atoms with van der Waals surface area (Å²) >= 11 is 0. The van der Waals surface area contributed by atoms with Gasteiger partial charge in [0.25, 0.3) is 0 Å². The highest BCUT2D eigenvalue weighted by Crippen LogP contribution is 2.65. The summed E-state index contributed by atoms with van der Waals surface area (Å²) in [7, 11) is 0. The maximum Gasteiger partial charge on any atom is 0.0315 e. The van der Waals surface area contributed by atoms with Gasteiger partial charge in [0.15, 0.2) is 0 Å². The molecule has 0 heterocycles. The minimum absolute atomic E-state index is 0.00732. The Morgan fingerprint density at radius 3 is 1.90 bits per heavy atom. The fourth-order valence-electron chi connectivity index (χ4n) is 7.32. The van der Waals surface area contributed by atoms with Crippen molar-refractivity contribution < 1.29 is 8.22 Å². The van der Waals surface area contributed by atoms with Crippen LogP contribution in [-0.4, -0.2) is 0 Å². The second-order valence-corrected chi connectivity index (χ2v) is 9.26. The summed E-state index contributed by atoms with van der Waals surface area (Å²) in [6.07, 6.45) is 6.80. The third-order valence-corrected chi connectivity index (χ3v) is 7.54. The molecule has 8 aliphatic rings. The van der Waals surface area contributed by atoms with E-state index in [0.29, 0.717) is 62.2 Å². The Bertz CT molecular complexity index is 638. The lowest BCUT2D eigenvalue weighted by Gasteiger charge is -2.61. The molecule has 8 fully saturated rings. The highest BCUT2D eigenvalue weighted by Gasteiger charge is 2.55. The van der Waals surface area contributed by atoms with E-state index in [2.05, 4.69) is 0 Å². The Kier molecular flexibility index (Phi) is 1.60. The molecular formula is C21H31. The summed E-state index contributed by atoms with van der Waals surface area (Å²) in [4.78, 5) is 0. The molecule has 0 aromatic rings. The molecule has 8 aliphatic carbocycles. The van der Waals surface area contributed by atoms with Gasteiger partial charge in [0.1, 0.15) is 0 Å². The minimum atomic E-state index is -1.54. The van der Waals surface area contributed by atoms with Gasteiger partial charge in [-0.2, -0.15) is 0 Å². The minimum Gasteiger partial charge on any atom is -0.0475 e. The summed E-state index contributed by atoms with van der Waals surface area (Å²) in [5.74, 6) is -1.95. The van der Waals surface area contributed by atoms with E-state index in [1.807, 2.05) is 0 Å². The second kappa shape index (κ2) is 4.09. The summed E-state index contributed by atoms with van der Waals surface area (Å²) in [6, 6.07) is 0. The molecule has 2 unspecified atom stereocenters. The molecule has 1 radical (unpaired) electrons. The van der Waals surface area contributed by atoms with Gasteiger partial charge in [0.2, 0.25) is 0 Å². The van der Waals surface area contributed by atoms with Crippen molar-refractivity contribution in [1.29, 1.82) is 0 Å². The molecule has 0 amide bonds. The monoisotopic (exact) mass is 295 g/mol. The molecule has 0 saturated heterocycles. The third kappa shape index (κ3) is 1.80. The van der Waals surface area contributed by atoms with Crippen LogP contribution < -0.4 is 0 Å². The Morgan fingerprint density at radius 1 is 0.762 bits per heavy atom. The van der Waals surface area contributed by atoms with Gasteiger partial charge in [-0.15, -0.1) is 0 Å². The van der Waals surface area contributed by atoms with E-state index in [4.69, 9.17) is 2.74 Å². The van der Waals surface area contributed by atoms with Gasteiger partial charge in [-0.05, 0) is 130 Å². The lowest BCUT2D eigenvalue weighted by Crippen LogP contribution is -2.51. The SMILES string of the molecule is [3H][C](C12CC3CC(CC(C3)C1([3H])[3H])C2)C1([3H])C2([3H])CC3CC(C2)CC1([3H])C3. The Labute approximate surface area is 138 Å². The fourth-order valence-corrected chi connectivity index (χ4v) is 7.32. The van der Waals surface area contributed by atoms with Crippen molar-refractivity contribution in [3.05, 3.63) is 6.40 Å². The van der Waals surface area contributed by atoms with Crippen LogP contribution in [0.4, 0.5) is 0 Å². The average molecular weight is 296 g/mol. The van der Waals surface area contributed by atoms with Crippen LogP contribution >= 0.6 is 0 Å². The topological polar surface area (TPSA) is 0 Å². The molecule has 8 saturated carbocycles. The van der Waals surface area contributed by atoms with Crippen LogP contribution in [0, 0.1) is 59.1 Å². The van der Waals surface area contributed by atoms with Crippen LogP contribution in [0.3, 0.4) is 0 Å². The summed E-state index contributed by atoms with van der Waals surface area (Å²) in [5.41, 5.74) is -0.888. The number of hydrogen-bond acceptors (Lipinski definition) is 0. The number of hydrogen-bond donors (Lipinski definition) is 0. The normalized spacial score (nSPS) is 80.7. The molecule has 21 heavy (non-hydrogen) atoms. The van der Waals surface area contributed by atoms with Gasteiger partial charge in [-0.3, -0.25) is 0 Å². The van der Waals surface area contributed by atoms with Crippen molar-refractivity contribution in [2.45, 2.75) is 70.6 Å². The lowest BCUT2D eigenvalue weighted by molar-refractivity contribution is -0.0713. The predicted molar refractivity (Wildman–Crippen MR) is 85.4 cm³/mol. The Morgan fingerprint density at radius 2 is 1.29 bits per heavy atom. The molecular weight excluding hydrogens is 252 g/mol. The van der Waals surface area contributed by atoms with Crippen molar-refractivity contribution in [3.63, 3.8) is 0 Å². The van der Waals surface area contributed by atoms with Gasteiger partial charge in [-0.1, -0.05) is 0 Å². The van der Waals surface area contributed by atoms with E-state index in [1.54, 1.807) is 0 Å².